The third-order valence-corrected chi connectivity index (χ3v) is 7.48. The Kier molecular flexibility index (Phi) is 8.36. The number of ether oxygens (including phenoxy) is 1. The molecule has 0 aliphatic carbocycles. The van der Waals surface area contributed by atoms with Crippen LogP contribution < -0.4 is 10.1 Å². The fraction of sp³-hybridized carbons (Fsp3) is 0.250. The smallest absolute Gasteiger partial charge is 0.225 e. The summed E-state index contributed by atoms with van der Waals surface area (Å²) in [5.41, 5.74) is 5.49. The number of carbonyl (C=O) groups is 1. The van der Waals surface area contributed by atoms with Crippen LogP contribution in [0.25, 0.3) is 6.08 Å². The molecule has 1 heterocycles. The van der Waals surface area contributed by atoms with Crippen molar-refractivity contribution in [2.45, 2.75) is 57.5 Å². The lowest BCUT2D eigenvalue weighted by molar-refractivity contribution is -0.116. The normalized spacial score (nSPS) is 13.8. The number of anilines is 1. The van der Waals surface area contributed by atoms with Crippen LogP contribution in [-0.4, -0.2) is 17.1 Å². The van der Waals surface area contributed by atoms with Gasteiger partial charge in [-0.3, -0.25) is 4.79 Å². The molecule has 0 fully saturated rings. The lowest BCUT2D eigenvalue weighted by Gasteiger charge is -2.28. The highest BCUT2D eigenvalue weighted by molar-refractivity contribution is 5.93. The maximum absolute atomic E-state index is 13.6. The summed E-state index contributed by atoms with van der Waals surface area (Å²) < 4.78 is 19.3. The first-order valence-electron chi connectivity index (χ1n) is 14.1. The van der Waals surface area contributed by atoms with E-state index >= 15 is 0 Å². The molecule has 0 radical (unpaired) electrons. The molecule has 1 unspecified atom stereocenters. The molecule has 1 aliphatic heterocycles. The van der Waals surface area contributed by atoms with E-state index in [-0.39, 0.29) is 29.5 Å². The van der Waals surface area contributed by atoms with Gasteiger partial charge in [0.25, 0.3) is 0 Å². The van der Waals surface area contributed by atoms with E-state index < -0.39 is 6.10 Å². The van der Waals surface area contributed by atoms with Gasteiger partial charge in [0.15, 0.2) is 0 Å². The molecule has 0 saturated heterocycles. The standard InChI is InChI=1S/C36H36FNO3/c1-36(2,3)31-21-16-25(15-20-27(39)19-14-24-12-17-26(37)18-13-24)22-32(31)38-35(40)23-30-28-8-4-6-10-33(28)41-34-11-7-5-9-29(30)34/h4-13,15-18,20-22,27,30,39H,14,19,23H2,1-3H3,(H,38,40). The van der Waals surface area contributed by atoms with E-state index in [9.17, 15) is 14.3 Å². The Morgan fingerprint density at radius 1 is 0.951 bits per heavy atom. The minimum Gasteiger partial charge on any atom is -0.457 e. The van der Waals surface area contributed by atoms with Crippen molar-refractivity contribution < 1.29 is 19.0 Å². The van der Waals surface area contributed by atoms with E-state index in [1.807, 2.05) is 72.8 Å². The highest BCUT2D eigenvalue weighted by Gasteiger charge is 2.29. The van der Waals surface area contributed by atoms with E-state index in [0.717, 1.165) is 45.0 Å². The van der Waals surface area contributed by atoms with Gasteiger partial charge in [0.1, 0.15) is 17.3 Å². The first-order valence-corrected chi connectivity index (χ1v) is 14.1. The summed E-state index contributed by atoms with van der Waals surface area (Å²) in [6.07, 6.45) is 4.45. The summed E-state index contributed by atoms with van der Waals surface area (Å²) in [5, 5.41) is 13.7. The Morgan fingerprint density at radius 2 is 1.59 bits per heavy atom. The van der Waals surface area contributed by atoms with Gasteiger partial charge in [0.2, 0.25) is 5.91 Å². The average molecular weight is 550 g/mol. The first-order chi connectivity index (χ1) is 19.7. The van der Waals surface area contributed by atoms with Crippen LogP contribution in [-0.2, 0) is 16.6 Å². The van der Waals surface area contributed by atoms with Gasteiger partial charge in [-0.25, -0.2) is 4.39 Å². The maximum atomic E-state index is 13.6. The maximum Gasteiger partial charge on any atom is 0.225 e. The Morgan fingerprint density at radius 3 is 2.22 bits per heavy atom. The number of benzene rings is 4. The number of rotatable bonds is 8. The monoisotopic (exact) mass is 549 g/mol. The molecule has 1 atom stereocenters. The number of aliphatic hydroxyl groups excluding tert-OH is 1. The summed E-state index contributed by atoms with van der Waals surface area (Å²) in [7, 11) is 0. The number of fused-ring (bicyclic) bond motifs is 2. The van der Waals surface area contributed by atoms with Crippen molar-refractivity contribution in [2.75, 3.05) is 5.32 Å². The summed E-state index contributed by atoms with van der Waals surface area (Å²) in [4.78, 5) is 13.6. The number of halogens is 1. The third kappa shape index (κ3) is 6.93. The summed E-state index contributed by atoms with van der Waals surface area (Å²) in [6.45, 7) is 6.37. The molecule has 0 saturated carbocycles. The second kappa shape index (κ2) is 12.1. The zero-order valence-electron chi connectivity index (χ0n) is 23.7. The van der Waals surface area contributed by atoms with Crippen molar-refractivity contribution in [1.82, 2.24) is 0 Å². The van der Waals surface area contributed by atoms with Gasteiger partial charge >= 0.3 is 0 Å². The second-order valence-electron chi connectivity index (χ2n) is 11.6. The largest absolute Gasteiger partial charge is 0.457 e. The van der Waals surface area contributed by atoms with Crippen LogP contribution in [0.5, 0.6) is 11.5 Å². The van der Waals surface area contributed by atoms with Gasteiger partial charge in [-0.1, -0.05) is 93.6 Å². The molecular weight excluding hydrogens is 513 g/mol. The van der Waals surface area contributed by atoms with Gasteiger partial charge in [-0.2, -0.15) is 0 Å². The Hall–Kier alpha value is -4.22. The fourth-order valence-electron chi connectivity index (χ4n) is 5.32. The number of hydrogen-bond donors (Lipinski definition) is 2. The molecule has 5 heteroatoms. The Bertz CT molecular complexity index is 1510. The number of para-hydroxylation sites is 2. The van der Waals surface area contributed by atoms with E-state index in [0.29, 0.717) is 12.8 Å². The van der Waals surface area contributed by atoms with Crippen LogP contribution in [0.4, 0.5) is 10.1 Å². The third-order valence-electron chi connectivity index (χ3n) is 7.48. The summed E-state index contributed by atoms with van der Waals surface area (Å²) >= 11 is 0. The van der Waals surface area contributed by atoms with E-state index in [4.69, 9.17) is 4.74 Å². The van der Waals surface area contributed by atoms with Crippen molar-refractivity contribution in [3.63, 3.8) is 0 Å². The van der Waals surface area contributed by atoms with Crippen molar-refractivity contribution in [3.8, 4) is 11.5 Å². The van der Waals surface area contributed by atoms with Crippen LogP contribution in [0.3, 0.4) is 0 Å². The van der Waals surface area contributed by atoms with Crippen LogP contribution in [0.15, 0.2) is 97.1 Å². The Labute approximate surface area is 241 Å². The molecule has 41 heavy (non-hydrogen) atoms. The van der Waals surface area contributed by atoms with Gasteiger partial charge in [-0.05, 0) is 65.3 Å². The number of hydrogen-bond acceptors (Lipinski definition) is 3. The summed E-state index contributed by atoms with van der Waals surface area (Å²) in [6, 6.07) is 28.1. The molecule has 4 nitrogen and oxygen atoms in total. The SMILES string of the molecule is CC(C)(C)c1ccc(C=CC(O)CCc2ccc(F)cc2)cc1NC(=O)CC1c2ccccc2Oc2ccccc21. The topological polar surface area (TPSA) is 58.6 Å². The number of aliphatic hydroxyl groups is 1. The fourth-order valence-corrected chi connectivity index (χ4v) is 5.32. The van der Waals surface area contributed by atoms with E-state index in [1.54, 1.807) is 18.2 Å². The molecule has 2 N–H and O–H groups in total. The molecule has 4 aromatic carbocycles. The van der Waals surface area contributed by atoms with Crippen molar-refractivity contribution in [3.05, 3.63) is 131 Å². The highest BCUT2D eigenvalue weighted by atomic mass is 19.1. The minimum absolute atomic E-state index is 0.0764. The molecular formula is C36H36FNO3. The number of amides is 1. The molecule has 0 spiro atoms. The Balaban J connectivity index is 1.32. The zero-order valence-corrected chi connectivity index (χ0v) is 23.7. The highest BCUT2D eigenvalue weighted by Crippen LogP contribution is 2.45. The molecule has 1 aliphatic rings. The number of aryl methyl sites for hydroxylation is 1. The first kappa shape index (κ1) is 28.3. The number of nitrogens with one attached hydrogen (secondary N) is 1. The molecule has 1 amide bonds. The van der Waals surface area contributed by atoms with Gasteiger partial charge in [-0.15, -0.1) is 0 Å². The lowest BCUT2D eigenvalue weighted by Crippen LogP contribution is -2.22. The lowest BCUT2D eigenvalue weighted by atomic mass is 9.84. The molecule has 0 bridgehead atoms. The van der Waals surface area contributed by atoms with Gasteiger partial charge in [0.05, 0.1) is 6.10 Å². The molecule has 0 aromatic heterocycles. The predicted molar refractivity (Wildman–Crippen MR) is 163 cm³/mol. The van der Waals surface area contributed by atoms with Crippen molar-refractivity contribution in [1.29, 1.82) is 0 Å². The van der Waals surface area contributed by atoms with Crippen molar-refractivity contribution in [2.24, 2.45) is 0 Å². The minimum atomic E-state index is -0.644. The quantitative estimate of drug-likeness (QED) is 0.232. The van der Waals surface area contributed by atoms with E-state index in [1.165, 1.54) is 12.1 Å². The van der Waals surface area contributed by atoms with Crippen LogP contribution in [0, 0.1) is 5.82 Å². The predicted octanol–water partition coefficient (Wildman–Crippen LogP) is 8.40. The van der Waals surface area contributed by atoms with Gasteiger partial charge in [0, 0.05) is 29.2 Å². The second-order valence-corrected chi connectivity index (χ2v) is 11.6. The van der Waals surface area contributed by atoms with Crippen LogP contribution >= 0.6 is 0 Å². The molecule has 5 rings (SSSR count). The van der Waals surface area contributed by atoms with Crippen molar-refractivity contribution >= 4 is 17.7 Å². The number of carbonyl (C=O) groups excluding carboxylic acids is 1. The summed E-state index contributed by atoms with van der Waals surface area (Å²) in [5.74, 6) is 1.10. The van der Waals surface area contributed by atoms with Crippen LogP contribution in [0.2, 0.25) is 0 Å². The van der Waals surface area contributed by atoms with Crippen LogP contribution in [0.1, 0.15) is 67.3 Å². The zero-order chi connectivity index (χ0) is 29.0. The van der Waals surface area contributed by atoms with E-state index in [2.05, 4.69) is 26.1 Å². The molecule has 210 valence electrons. The van der Waals surface area contributed by atoms with Gasteiger partial charge < -0.3 is 15.2 Å². The average Bonchev–Trinajstić information content (AvgIpc) is 2.95. The molecule has 4 aromatic rings.